The van der Waals surface area contributed by atoms with Gasteiger partial charge < -0.3 is 4.74 Å². The Morgan fingerprint density at radius 1 is 1.67 bits per heavy atom. The van der Waals surface area contributed by atoms with Crippen molar-refractivity contribution in [3.8, 4) is 0 Å². The van der Waals surface area contributed by atoms with Gasteiger partial charge in [-0.1, -0.05) is 13.3 Å². The molecule has 1 aliphatic rings. The molecule has 3 heteroatoms. The number of rotatable bonds is 5. The summed E-state index contributed by atoms with van der Waals surface area (Å²) in [5.74, 6) is 5.43. The zero-order valence-corrected chi connectivity index (χ0v) is 7.88. The van der Waals surface area contributed by atoms with Crippen molar-refractivity contribution in [1.29, 1.82) is 0 Å². The highest BCUT2D eigenvalue weighted by molar-refractivity contribution is 4.72. The van der Waals surface area contributed by atoms with E-state index in [2.05, 4.69) is 12.3 Å². The molecular formula is C9H20N2O. The molecule has 12 heavy (non-hydrogen) atoms. The standard InChI is InChI=1S/C9H20N2O/c1-2-4-8(11-10)7-9-5-3-6-12-9/h8-9,11H,2-7,10H2,1H3. The molecule has 0 aliphatic carbocycles. The molecule has 0 amide bonds. The van der Waals surface area contributed by atoms with E-state index < -0.39 is 0 Å². The molecule has 1 heterocycles. The average Bonchev–Trinajstić information content (AvgIpc) is 2.56. The van der Waals surface area contributed by atoms with E-state index in [0.29, 0.717) is 12.1 Å². The number of hydrogen-bond acceptors (Lipinski definition) is 3. The van der Waals surface area contributed by atoms with Gasteiger partial charge in [0.1, 0.15) is 0 Å². The molecule has 2 unspecified atom stereocenters. The first kappa shape index (κ1) is 9.96. The maximum Gasteiger partial charge on any atom is 0.0591 e. The molecule has 1 fully saturated rings. The van der Waals surface area contributed by atoms with Gasteiger partial charge in [0.05, 0.1) is 6.10 Å². The molecule has 0 saturated carbocycles. The van der Waals surface area contributed by atoms with E-state index in [-0.39, 0.29) is 0 Å². The van der Waals surface area contributed by atoms with Gasteiger partial charge in [-0.05, 0) is 25.7 Å². The second-order valence-corrected chi connectivity index (χ2v) is 3.52. The highest BCUT2D eigenvalue weighted by Gasteiger charge is 2.19. The van der Waals surface area contributed by atoms with Crippen LogP contribution in [0.25, 0.3) is 0 Å². The van der Waals surface area contributed by atoms with Crippen LogP contribution in [0.1, 0.15) is 39.0 Å². The number of hydrogen-bond donors (Lipinski definition) is 2. The lowest BCUT2D eigenvalue weighted by Gasteiger charge is -2.18. The number of ether oxygens (including phenoxy) is 1. The van der Waals surface area contributed by atoms with Crippen LogP contribution in [0.2, 0.25) is 0 Å². The fourth-order valence-electron chi connectivity index (χ4n) is 1.77. The van der Waals surface area contributed by atoms with E-state index in [9.17, 15) is 0 Å². The molecule has 0 aromatic rings. The SMILES string of the molecule is CCCC(CC1CCCO1)NN. The van der Waals surface area contributed by atoms with Crippen molar-refractivity contribution in [3.05, 3.63) is 0 Å². The number of hydrazine groups is 1. The first-order valence-corrected chi connectivity index (χ1v) is 4.94. The Hall–Kier alpha value is -0.120. The first-order chi connectivity index (χ1) is 5.86. The molecule has 0 spiro atoms. The van der Waals surface area contributed by atoms with Crippen LogP contribution >= 0.6 is 0 Å². The Bertz CT molecular complexity index is 113. The summed E-state index contributed by atoms with van der Waals surface area (Å²) in [4.78, 5) is 0. The molecule has 0 bridgehead atoms. The molecule has 0 aromatic heterocycles. The third-order valence-corrected chi connectivity index (χ3v) is 2.44. The van der Waals surface area contributed by atoms with E-state index in [1.165, 1.54) is 19.3 Å². The van der Waals surface area contributed by atoms with Crippen LogP contribution in [0.3, 0.4) is 0 Å². The van der Waals surface area contributed by atoms with Crippen molar-refractivity contribution in [2.75, 3.05) is 6.61 Å². The Balaban J connectivity index is 2.16. The molecule has 2 atom stereocenters. The maximum absolute atomic E-state index is 5.54. The van der Waals surface area contributed by atoms with E-state index in [0.717, 1.165) is 19.4 Å². The maximum atomic E-state index is 5.54. The van der Waals surface area contributed by atoms with Crippen LogP contribution in [0, 0.1) is 0 Å². The van der Waals surface area contributed by atoms with Gasteiger partial charge in [-0.25, -0.2) is 0 Å². The molecule has 3 N–H and O–H groups in total. The van der Waals surface area contributed by atoms with E-state index >= 15 is 0 Å². The summed E-state index contributed by atoms with van der Waals surface area (Å²) in [5.41, 5.74) is 2.85. The highest BCUT2D eigenvalue weighted by atomic mass is 16.5. The average molecular weight is 172 g/mol. The zero-order valence-electron chi connectivity index (χ0n) is 7.88. The van der Waals surface area contributed by atoms with Crippen LogP contribution in [-0.4, -0.2) is 18.8 Å². The van der Waals surface area contributed by atoms with E-state index in [1.807, 2.05) is 0 Å². The molecule has 72 valence electrons. The molecule has 1 saturated heterocycles. The highest BCUT2D eigenvalue weighted by Crippen LogP contribution is 2.18. The monoisotopic (exact) mass is 172 g/mol. The van der Waals surface area contributed by atoms with Gasteiger partial charge in [-0.3, -0.25) is 11.3 Å². The number of nitrogens with one attached hydrogen (secondary N) is 1. The van der Waals surface area contributed by atoms with Crippen LogP contribution in [0.15, 0.2) is 0 Å². The van der Waals surface area contributed by atoms with Crippen molar-refractivity contribution in [3.63, 3.8) is 0 Å². The summed E-state index contributed by atoms with van der Waals surface area (Å²) in [6, 6.07) is 0.443. The fourth-order valence-corrected chi connectivity index (χ4v) is 1.77. The van der Waals surface area contributed by atoms with Gasteiger partial charge in [0.25, 0.3) is 0 Å². The third-order valence-electron chi connectivity index (χ3n) is 2.44. The second-order valence-electron chi connectivity index (χ2n) is 3.52. The van der Waals surface area contributed by atoms with Gasteiger partial charge in [0.2, 0.25) is 0 Å². The summed E-state index contributed by atoms with van der Waals surface area (Å²) in [5, 5.41) is 0. The predicted molar refractivity (Wildman–Crippen MR) is 49.6 cm³/mol. The van der Waals surface area contributed by atoms with Crippen LogP contribution in [0.5, 0.6) is 0 Å². The minimum Gasteiger partial charge on any atom is -0.378 e. The summed E-state index contributed by atoms with van der Waals surface area (Å²) >= 11 is 0. The minimum atomic E-state index is 0.443. The van der Waals surface area contributed by atoms with Crippen molar-refractivity contribution < 1.29 is 4.74 Å². The van der Waals surface area contributed by atoms with E-state index in [4.69, 9.17) is 10.6 Å². The van der Waals surface area contributed by atoms with Gasteiger partial charge in [0, 0.05) is 12.6 Å². The summed E-state index contributed by atoms with van der Waals surface area (Å²) in [6.45, 7) is 3.12. The topological polar surface area (TPSA) is 47.3 Å². The largest absolute Gasteiger partial charge is 0.378 e. The lowest BCUT2D eigenvalue weighted by Crippen LogP contribution is -2.37. The fraction of sp³-hybridized carbons (Fsp3) is 1.00. The van der Waals surface area contributed by atoms with Gasteiger partial charge >= 0.3 is 0 Å². The van der Waals surface area contributed by atoms with Crippen LogP contribution < -0.4 is 11.3 Å². The van der Waals surface area contributed by atoms with E-state index in [1.54, 1.807) is 0 Å². The molecule has 0 radical (unpaired) electrons. The number of nitrogens with two attached hydrogens (primary N) is 1. The van der Waals surface area contributed by atoms with Crippen molar-refractivity contribution >= 4 is 0 Å². The first-order valence-electron chi connectivity index (χ1n) is 4.94. The molecule has 3 nitrogen and oxygen atoms in total. The Kier molecular flexibility index (Phi) is 4.58. The summed E-state index contributed by atoms with van der Waals surface area (Å²) in [7, 11) is 0. The van der Waals surface area contributed by atoms with Gasteiger partial charge in [-0.2, -0.15) is 0 Å². The molecule has 1 aliphatic heterocycles. The third kappa shape index (κ3) is 3.09. The molecular weight excluding hydrogens is 152 g/mol. The van der Waals surface area contributed by atoms with Crippen molar-refractivity contribution in [2.24, 2.45) is 5.84 Å². The summed E-state index contributed by atoms with van der Waals surface area (Å²) < 4.78 is 5.54. The van der Waals surface area contributed by atoms with Crippen molar-refractivity contribution in [2.45, 2.75) is 51.2 Å². The van der Waals surface area contributed by atoms with Crippen LogP contribution in [-0.2, 0) is 4.74 Å². The van der Waals surface area contributed by atoms with Gasteiger partial charge in [-0.15, -0.1) is 0 Å². The Labute approximate surface area is 74.6 Å². The van der Waals surface area contributed by atoms with Crippen molar-refractivity contribution in [1.82, 2.24) is 5.43 Å². The van der Waals surface area contributed by atoms with Crippen LogP contribution in [0.4, 0.5) is 0 Å². The minimum absolute atomic E-state index is 0.443. The lowest BCUT2D eigenvalue weighted by atomic mass is 10.0. The Morgan fingerprint density at radius 3 is 3.00 bits per heavy atom. The predicted octanol–water partition coefficient (Wildman–Crippen LogP) is 1.19. The molecule has 0 aromatic carbocycles. The zero-order chi connectivity index (χ0) is 8.81. The van der Waals surface area contributed by atoms with Gasteiger partial charge in [0.15, 0.2) is 0 Å². The Morgan fingerprint density at radius 2 is 2.50 bits per heavy atom. The second kappa shape index (κ2) is 5.51. The summed E-state index contributed by atoms with van der Waals surface area (Å²) in [6.07, 6.45) is 6.29. The smallest absolute Gasteiger partial charge is 0.0591 e. The molecule has 1 rings (SSSR count). The normalized spacial score (nSPS) is 26.0. The quantitative estimate of drug-likeness (QED) is 0.483. The lowest BCUT2D eigenvalue weighted by molar-refractivity contribution is 0.0935.